The third kappa shape index (κ3) is 3.09. The van der Waals surface area contributed by atoms with Gasteiger partial charge in [-0.1, -0.05) is 6.92 Å². The number of carbonyl (C=O) groups excluding carboxylic acids is 1. The fourth-order valence-corrected chi connectivity index (χ4v) is 3.28. The van der Waals surface area contributed by atoms with E-state index in [9.17, 15) is 9.59 Å². The molecule has 1 saturated carbocycles. The third-order valence-corrected chi connectivity index (χ3v) is 4.64. The standard InChI is InChI=1S/C17H25N3O2/c1-3-8-19-9-7-13(11-19)18-16(21)15-12(2)6-10-20(17(15)22)14-4-5-14/h6,10,13-14H,3-5,7-9,11H2,1-2H3,(H,18,21). The zero-order valence-corrected chi connectivity index (χ0v) is 13.5. The molecule has 1 unspecified atom stereocenters. The van der Waals surface area contributed by atoms with Crippen LogP contribution in [0.3, 0.4) is 0 Å². The monoisotopic (exact) mass is 303 g/mol. The zero-order chi connectivity index (χ0) is 15.7. The lowest BCUT2D eigenvalue weighted by atomic mass is 10.1. The molecular formula is C17H25N3O2. The molecule has 0 aromatic carbocycles. The molecule has 1 saturated heterocycles. The fourth-order valence-electron chi connectivity index (χ4n) is 3.28. The molecule has 1 atom stereocenters. The number of aryl methyl sites for hydroxylation is 1. The maximum absolute atomic E-state index is 12.6. The minimum absolute atomic E-state index is 0.136. The van der Waals surface area contributed by atoms with Crippen LogP contribution in [0.15, 0.2) is 17.1 Å². The Morgan fingerprint density at radius 2 is 2.14 bits per heavy atom. The van der Waals surface area contributed by atoms with Crippen molar-refractivity contribution in [3.63, 3.8) is 0 Å². The minimum atomic E-state index is -0.208. The Kier molecular flexibility index (Phi) is 4.34. The molecule has 0 radical (unpaired) electrons. The smallest absolute Gasteiger partial charge is 0.263 e. The van der Waals surface area contributed by atoms with Gasteiger partial charge in [0.2, 0.25) is 0 Å². The summed E-state index contributed by atoms with van der Waals surface area (Å²) in [7, 11) is 0. The van der Waals surface area contributed by atoms with E-state index in [0.29, 0.717) is 11.6 Å². The number of carbonyl (C=O) groups is 1. The summed E-state index contributed by atoms with van der Waals surface area (Å²) in [4.78, 5) is 27.5. The Balaban J connectivity index is 1.73. The van der Waals surface area contributed by atoms with E-state index in [1.54, 1.807) is 4.57 Å². The van der Waals surface area contributed by atoms with Crippen molar-refractivity contribution in [3.05, 3.63) is 33.7 Å². The van der Waals surface area contributed by atoms with E-state index < -0.39 is 0 Å². The molecule has 1 N–H and O–H groups in total. The number of nitrogens with one attached hydrogen (secondary N) is 1. The van der Waals surface area contributed by atoms with Gasteiger partial charge in [-0.3, -0.25) is 9.59 Å². The summed E-state index contributed by atoms with van der Waals surface area (Å²) in [5.74, 6) is -0.208. The van der Waals surface area contributed by atoms with Crippen LogP contribution in [0, 0.1) is 6.92 Å². The van der Waals surface area contributed by atoms with E-state index in [2.05, 4.69) is 17.1 Å². The second-order valence-corrected chi connectivity index (χ2v) is 6.58. The Hall–Kier alpha value is -1.62. The quantitative estimate of drug-likeness (QED) is 0.901. The molecule has 5 nitrogen and oxygen atoms in total. The van der Waals surface area contributed by atoms with Gasteiger partial charge in [-0.2, -0.15) is 0 Å². The molecule has 2 fully saturated rings. The van der Waals surface area contributed by atoms with Gasteiger partial charge in [-0.15, -0.1) is 0 Å². The molecule has 0 bridgehead atoms. The molecule has 1 aliphatic carbocycles. The zero-order valence-electron chi connectivity index (χ0n) is 13.5. The Morgan fingerprint density at radius 3 is 2.82 bits per heavy atom. The number of hydrogen-bond donors (Lipinski definition) is 1. The lowest BCUT2D eigenvalue weighted by Gasteiger charge is -2.16. The Bertz CT molecular complexity index is 619. The van der Waals surface area contributed by atoms with Crippen LogP contribution in [0.1, 0.15) is 54.6 Å². The van der Waals surface area contributed by atoms with Crippen molar-refractivity contribution in [2.45, 2.75) is 51.6 Å². The van der Waals surface area contributed by atoms with Crippen molar-refractivity contribution in [1.29, 1.82) is 0 Å². The average molecular weight is 303 g/mol. The predicted octanol–water partition coefficient (Wildman–Crippen LogP) is 1.71. The van der Waals surface area contributed by atoms with Gasteiger partial charge in [0.05, 0.1) is 0 Å². The molecule has 1 amide bonds. The number of pyridine rings is 1. The summed E-state index contributed by atoms with van der Waals surface area (Å²) in [6.45, 7) is 7.00. The first-order valence-electron chi connectivity index (χ1n) is 8.35. The second-order valence-electron chi connectivity index (χ2n) is 6.58. The first-order valence-corrected chi connectivity index (χ1v) is 8.35. The molecule has 1 aliphatic heterocycles. The highest BCUT2D eigenvalue weighted by Gasteiger charge is 2.29. The Labute approximate surface area is 131 Å². The van der Waals surface area contributed by atoms with Gasteiger partial charge >= 0.3 is 0 Å². The molecule has 1 aromatic heterocycles. The number of aromatic nitrogens is 1. The van der Waals surface area contributed by atoms with Crippen LogP contribution in [-0.2, 0) is 0 Å². The normalized spacial score (nSPS) is 22.0. The van der Waals surface area contributed by atoms with E-state index in [4.69, 9.17) is 0 Å². The van der Waals surface area contributed by atoms with Crippen molar-refractivity contribution in [1.82, 2.24) is 14.8 Å². The van der Waals surface area contributed by atoms with Crippen LogP contribution >= 0.6 is 0 Å². The molecule has 2 heterocycles. The van der Waals surface area contributed by atoms with Crippen LogP contribution < -0.4 is 10.9 Å². The minimum Gasteiger partial charge on any atom is -0.348 e. The highest BCUT2D eigenvalue weighted by atomic mass is 16.2. The highest BCUT2D eigenvalue weighted by molar-refractivity contribution is 5.95. The summed E-state index contributed by atoms with van der Waals surface area (Å²) in [6, 6.07) is 2.34. The number of nitrogens with zero attached hydrogens (tertiary/aromatic N) is 2. The Morgan fingerprint density at radius 1 is 1.36 bits per heavy atom. The van der Waals surface area contributed by atoms with E-state index >= 15 is 0 Å². The van der Waals surface area contributed by atoms with Gasteiger partial charge < -0.3 is 14.8 Å². The first-order chi connectivity index (χ1) is 10.6. The maximum atomic E-state index is 12.6. The summed E-state index contributed by atoms with van der Waals surface area (Å²) in [6.07, 6.45) is 6.00. The maximum Gasteiger partial charge on any atom is 0.263 e. The predicted molar refractivity (Wildman–Crippen MR) is 86.3 cm³/mol. The summed E-state index contributed by atoms with van der Waals surface area (Å²) >= 11 is 0. The molecule has 0 spiro atoms. The van der Waals surface area contributed by atoms with Crippen LogP contribution in [0.25, 0.3) is 0 Å². The molecule has 3 rings (SSSR count). The lowest BCUT2D eigenvalue weighted by molar-refractivity contribution is 0.0935. The van der Waals surface area contributed by atoms with E-state index in [0.717, 1.165) is 50.9 Å². The van der Waals surface area contributed by atoms with Crippen molar-refractivity contribution >= 4 is 5.91 Å². The van der Waals surface area contributed by atoms with Gasteiger partial charge in [0.15, 0.2) is 0 Å². The van der Waals surface area contributed by atoms with Gasteiger partial charge in [-0.25, -0.2) is 0 Å². The van der Waals surface area contributed by atoms with E-state index in [-0.39, 0.29) is 17.5 Å². The number of rotatable bonds is 5. The molecule has 5 heteroatoms. The number of likely N-dealkylation sites (tertiary alicyclic amines) is 1. The van der Waals surface area contributed by atoms with Crippen molar-refractivity contribution < 1.29 is 4.79 Å². The lowest BCUT2D eigenvalue weighted by Crippen LogP contribution is -2.41. The van der Waals surface area contributed by atoms with Gasteiger partial charge in [0.1, 0.15) is 5.56 Å². The van der Waals surface area contributed by atoms with Crippen LogP contribution in [0.5, 0.6) is 0 Å². The topological polar surface area (TPSA) is 54.3 Å². The molecule has 2 aliphatic rings. The largest absolute Gasteiger partial charge is 0.348 e. The second kappa shape index (κ2) is 6.24. The molecule has 120 valence electrons. The number of hydrogen-bond acceptors (Lipinski definition) is 3. The molecule has 22 heavy (non-hydrogen) atoms. The summed E-state index contributed by atoms with van der Waals surface area (Å²) < 4.78 is 1.72. The summed E-state index contributed by atoms with van der Waals surface area (Å²) in [5, 5.41) is 3.06. The van der Waals surface area contributed by atoms with Gasteiger partial charge in [-0.05, 0) is 50.8 Å². The number of amides is 1. The van der Waals surface area contributed by atoms with Gasteiger partial charge in [0.25, 0.3) is 11.5 Å². The van der Waals surface area contributed by atoms with E-state index in [1.165, 1.54) is 0 Å². The summed E-state index contributed by atoms with van der Waals surface area (Å²) in [5.41, 5.74) is 0.953. The first kappa shape index (κ1) is 15.3. The van der Waals surface area contributed by atoms with Crippen LogP contribution in [0.2, 0.25) is 0 Å². The molecule has 1 aromatic rings. The van der Waals surface area contributed by atoms with Crippen LogP contribution in [0.4, 0.5) is 0 Å². The van der Waals surface area contributed by atoms with E-state index in [1.807, 2.05) is 19.2 Å². The third-order valence-electron chi connectivity index (χ3n) is 4.64. The van der Waals surface area contributed by atoms with Gasteiger partial charge in [0, 0.05) is 31.4 Å². The highest BCUT2D eigenvalue weighted by Crippen LogP contribution is 2.33. The fraction of sp³-hybridized carbons (Fsp3) is 0.647. The van der Waals surface area contributed by atoms with Crippen molar-refractivity contribution in [2.24, 2.45) is 0 Å². The average Bonchev–Trinajstić information content (AvgIpc) is 3.21. The van der Waals surface area contributed by atoms with Crippen LogP contribution in [-0.4, -0.2) is 41.1 Å². The molecular weight excluding hydrogens is 278 g/mol. The SMILES string of the molecule is CCCN1CCC(NC(=O)c2c(C)ccn(C3CC3)c2=O)C1. The van der Waals surface area contributed by atoms with Crippen molar-refractivity contribution in [2.75, 3.05) is 19.6 Å². The van der Waals surface area contributed by atoms with Crippen molar-refractivity contribution in [3.8, 4) is 0 Å².